The topological polar surface area (TPSA) is 92.3 Å². The van der Waals surface area contributed by atoms with E-state index in [-0.39, 0.29) is 10.8 Å². The zero-order valence-electron chi connectivity index (χ0n) is 16.1. The van der Waals surface area contributed by atoms with Gasteiger partial charge in [-0.15, -0.1) is 0 Å². The van der Waals surface area contributed by atoms with E-state index in [1.807, 2.05) is 18.2 Å². The fourth-order valence-corrected chi connectivity index (χ4v) is 4.26. The molecule has 148 valence electrons. The molecule has 0 saturated carbocycles. The molecule has 0 bridgehead atoms. The van der Waals surface area contributed by atoms with Gasteiger partial charge in [0.05, 0.1) is 34.1 Å². The molecule has 3 aromatic rings. The van der Waals surface area contributed by atoms with Gasteiger partial charge in [0.1, 0.15) is 0 Å². The molecule has 0 saturated heterocycles. The van der Waals surface area contributed by atoms with E-state index in [9.17, 15) is 13.2 Å². The lowest BCUT2D eigenvalue weighted by atomic mass is 10.1. The van der Waals surface area contributed by atoms with Crippen molar-refractivity contribution in [2.45, 2.75) is 17.9 Å². The highest BCUT2D eigenvalue weighted by molar-refractivity contribution is 7.90. The Morgan fingerprint density at radius 3 is 2.55 bits per heavy atom. The molecule has 7 nitrogen and oxygen atoms in total. The first-order valence-corrected chi connectivity index (χ1v) is 11.0. The molecule has 1 aliphatic rings. The van der Waals surface area contributed by atoms with Gasteiger partial charge >= 0.3 is 0 Å². The number of sulfone groups is 1. The molecule has 0 fully saturated rings. The van der Waals surface area contributed by atoms with E-state index in [4.69, 9.17) is 0 Å². The van der Waals surface area contributed by atoms with E-state index in [2.05, 4.69) is 15.3 Å². The normalized spacial score (nSPS) is 13.4. The predicted octanol–water partition coefficient (Wildman–Crippen LogP) is 2.80. The third kappa shape index (κ3) is 3.84. The fourth-order valence-electron chi connectivity index (χ4n) is 3.41. The molecular weight excluding hydrogens is 388 g/mol. The first-order valence-electron chi connectivity index (χ1n) is 9.07. The van der Waals surface area contributed by atoms with Crippen LogP contribution >= 0.6 is 0 Å². The quantitative estimate of drug-likeness (QED) is 0.698. The molecule has 0 spiro atoms. The van der Waals surface area contributed by atoms with Crippen LogP contribution in [-0.4, -0.2) is 42.5 Å². The van der Waals surface area contributed by atoms with Gasteiger partial charge in [-0.2, -0.15) is 0 Å². The SMILES string of the molecule is CN1Cc2nc(Cc3ccccn3)cc(Nc3ccccc3S(C)(=O)=O)c2C1=O. The number of nitrogens with one attached hydrogen (secondary N) is 1. The van der Waals surface area contributed by atoms with Crippen LogP contribution in [0.5, 0.6) is 0 Å². The monoisotopic (exact) mass is 408 g/mol. The number of hydrogen-bond acceptors (Lipinski definition) is 6. The molecule has 4 rings (SSSR count). The van der Waals surface area contributed by atoms with Crippen molar-refractivity contribution in [3.05, 3.63) is 77.4 Å². The molecule has 29 heavy (non-hydrogen) atoms. The van der Waals surface area contributed by atoms with Crippen LogP contribution in [0.1, 0.15) is 27.4 Å². The summed E-state index contributed by atoms with van der Waals surface area (Å²) in [6.07, 6.45) is 3.39. The molecule has 0 aliphatic carbocycles. The van der Waals surface area contributed by atoms with E-state index in [0.29, 0.717) is 35.6 Å². The number of fused-ring (bicyclic) bond motifs is 1. The number of carbonyl (C=O) groups is 1. The van der Waals surface area contributed by atoms with Crippen molar-refractivity contribution >= 4 is 27.1 Å². The second-order valence-corrected chi connectivity index (χ2v) is 9.02. The van der Waals surface area contributed by atoms with E-state index < -0.39 is 9.84 Å². The van der Waals surface area contributed by atoms with Crippen LogP contribution in [0, 0.1) is 0 Å². The van der Waals surface area contributed by atoms with Crippen molar-refractivity contribution in [2.24, 2.45) is 0 Å². The van der Waals surface area contributed by atoms with Gasteiger partial charge in [-0.3, -0.25) is 14.8 Å². The Hall–Kier alpha value is -3.26. The molecule has 2 aromatic heterocycles. The molecule has 0 radical (unpaired) electrons. The Morgan fingerprint density at radius 1 is 1.07 bits per heavy atom. The summed E-state index contributed by atoms with van der Waals surface area (Å²) in [4.78, 5) is 23.4. The van der Waals surface area contributed by atoms with Crippen molar-refractivity contribution in [1.82, 2.24) is 14.9 Å². The van der Waals surface area contributed by atoms with Crippen molar-refractivity contribution in [2.75, 3.05) is 18.6 Å². The summed E-state index contributed by atoms with van der Waals surface area (Å²) in [5, 5.41) is 3.17. The van der Waals surface area contributed by atoms with Crippen LogP contribution in [0.25, 0.3) is 0 Å². The molecule has 3 heterocycles. The average molecular weight is 408 g/mol. The number of anilines is 2. The third-order valence-electron chi connectivity index (χ3n) is 4.74. The highest BCUT2D eigenvalue weighted by atomic mass is 32.2. The number of hydrogen-bond donors (Lipinski definition) is 1. The number of para-hydroxylation sites is 1. The van der Waals surface area contributed by atoms with Gasteiger partial charge in [0.2, 0.25) is 0 Å². The first-order chi connectivity index (χ1) is 13.8. The number of pyridine rings is 2. The fraction of sp³-hybridized carbons (Fsp3) is 0.190. The van der Waals surface area contributed by atoms with Crippen LogP contribution in [0.15, 0.2) is 59.6 Å². The van der Waals surface area contributed by atoms with E-state index in [1.165, 1.54) is 0 Å². The average Bonchev–Trinajstić information content (AvgIpc) is 2.96. The maximum atomic E-state index is 12.7. The summed E-state index contributed by atoms with van der Waals surface area (Å²) in [7, 11) is -1.72. The molecule has 1 aromatic carbocycles. The van der Waals surface area contributed by atoms with Gasteiger partial charge in [-0.05, 0) is 30.3 Å². The maximum Gasteiger partial charge on any atom is 0.257 e. The largest absolute Gasteiger partial charge is 0.354 e. The van der Waals surface area contributed by atoms with Crippen LogP contribution < -0.4 is 5.32 Å². The number of nitrogens with zero attached hydrogens (tertiary/aromatic N) is 3. The third-order valence-corrected chi connectivity index (χ3v) is 5.89. The van der Waals surface area contributed by atoms with Gasteiger partial charge in [0, 0.05) is 37.3 Å². The zero-order valence-corrected chi connectivity index (χ0v) is 16.9. The Morgan fingerprint density at radius 2 is 1.83 bits per heavy atom. The molecule has 0 atom stereocenters. The minimum Gasteiger partial charge on any atom is -0.354 e. The second kappa shape index (κ2) is 7.29. The van der Waals surface area contributed by atoms with Crippen LogP contribution in [0.2, 0.25) is 0 Å². The molecule has 1 aliphatic heterocycles. The standard InChI is InChI=1S/C21H20N4O3S/c1-25-13-18-20(21(25)26)17(12-15(23-18)11-14-7-5-6-10-22-14)24-16-8-3-4-9-19(16)29(2,27)28/h3-10,12H,11,13H2,1-2H3,(H,23,24). The van der Waals surface area contributed by atoms with Crippen molar-refractivity contribution in [3.8, 4) is 0 Å². The number of benzene rings is 1. The number of carbonyl (C=O) groups excluding carboxylic acids is 1. The highest BCUT2D eigenvalue weighted by Gasteiger charge is 2.30. The van der Waals surface area contributed by atoms with E-state index in [0.717, 1.165) is 17.6 Å². The summed E-state index contributed by atoms with van der Waals surface area (Å²) in [5.74, 6) is -0.142. The number of rotatable bonds is 5. The summed E-state index contributed by atoms with van der Waals surface area (Å²) in [5.41, 5.74) is 3.73. The Kier molecular flexibility index (Phi) is 4.79. The summed E-state index contributed by atoms with van der Waals surface area (Å²) < 4.78 is 24.3. The van der Waals surface area contributed by atoms with E-state index in [1.54, 1.807) is 48.5 Å². The minimum atomic E-state index is -3.43. The van der Waals surface area contributed by atoms with Crippen LogP contribution in [0.3, 0.4) is 0 Å². The lowest BCUT2D eigenvalue weighted by Crippen LogP contribution is -2.18. The lowest BCUT2D eigenvalue weighted by molar-refractivity contribution is 0.0817. The first kappa shape index (κ1) is 19.1. The Balaban J connectivity index is 1.80. The van der Waals surface area contributed by atoms with Gasteiger partial charge in [0.25, 0.3) is 5.91 Å². The minimum absolute atomic E-state index is 0.142. The smallest absolute Gasteiger partial charge is 0.257 e. The molecule has 0 unspecified atom stereocenters. The van der Waals surface area contributed by atoms with Gasteiger partial charge in [-0.1, -0.05) is 18.2 Å². The van der Waals surface area contributed by atoms with E-state index >= 15 is 0 Å². The lowest BCUT2D eigenvalue weighted by Gasteiger charge is -2.14. The predicted molar refractivity (Wildman–Crippen MR) is 110 cm³/mol. The highest BCUT2D eigenvalue weighted by Crippen LogP contribution is 2.32. The van der Waals surface area contributed by atoms with Crippen molar-refractivity contribution in [3.63, 3.8) is 0 Å². The number of amides is 1. The van der Waals surface area contributed by atoms with Gasteiger partial charge in [0.15, 0.2) is 9.84 Å². The van der Waals surface area contributed by atoms with Crippen LogP contribution in [0.4, 0.5) is 11.4 Å². The second-order valence-electron chi connectivity index (χ2n) is 7.04. The van der Waals surface area contributed by atoms with Gasteiger partial charge in [-0.25, -0.2) is 8.42 Å². The maximum absolute atomic E-state index is 12.7. The van der Waals surface area contributed by atoms with Crippen LogP contribution in [-0.2, 0) is 22.8 Å². The Labute approximate surface area is 169 Å². The number of aromatic nitrogens is 2. The molecular formula is C21H20N4O3S. The summed E-state index contributed by atoms with van der Waals surface area (Å²) in [6, 6.07) is 14.1. The Bertz CT molecular complexity index is 1190. The van der Waals surface area contributed by atoms with Gasteiger partial charge < -0.3 is 10.2 Å². The summed E-state index contributed by atoms with van der Waals surface area (Å²) in [6.45, 7) is 0.409. The zero-order chi connectivity index (χ0) is 20.6. The van der Waals surface area contributed by atoms with Crippen molar-refractivity contribution in [1.29, 1.82) is 0 Å². The molecule has 1 N–H and O–H groups in total. The summed E-state index contributed by atoms with van der Waals surface area (Å²) >= 11 is 0. The molecule has 1 amide bonds. The van der Waals surface area contributed by atoms with Crippen molar-refractivity contribution < 1.29 is 13.2 Å². The molecule has 8 heteroatoms.